The Morgan fingerprint density at radius 3 is 1.94 bits per heavy atom. The van der Waals surface area contributed by atoms with Gasteiger partial charge in [-0.1, -0.05) is 141 Å². The van der Waals surface area contributed by atoms with Crippen molar-refractivity contribution in [2.75, 3.05) is 26.2 Å². The van der Waals surface area contributed by atoms with E-state index in [-0.39, 0.29) is 75.4 Å². The van der Waals surface area contributed by atoms with Crippen LogP contribution in [0.15, 0.2) is 145 Å². The maximum atomic E-state index is 15.1. The number of ether oxygens (including phenoxy) is 1. The number of phenols is 1. The maximum absolute atomic E-state index is 15.1. The van der Waals surface area contributed by atoms with Crippen molar-refractivity contribution in [3.05, 3.63) is 162 Å². The van der Waals surface area contributed by atoms with E-state index in [0.717, 1.165) is 32.7 Å². The lowest BCUT2D eigenvalue weighted by atomic mass is 9.98. The van der Waals surface area contributed by atoms with Gasteiger partial charge >= 0.3 is 0 Å². The fraction of sp³-hybridized carbons (Fsp3) is 0.365. The molecular weight excluding hydrogens is 1040 g/mol. The van der Waals surface area contributed by atoms with Gasteiger partial charge in [0, 0.05) is 32.5 Å². The molecule has 82 heavy (non-hydrogen) atoms. The summed E-state index contributed by atoms with van der Waals surface area (Å²) in [4.78, 5) is 106. The van der Waals surface area contributed by atoms with Gasteiger partial charge in [-0.3, -0.25) is 38.6 Å². The number of aliphatic imine (C=N–C) groups is 1. The summed E-state index contributed by atoms with van der Waals surface area (Å²) in [5.74, 6) is -4.41. The van der Waals surface area contributed by atoms with Crippen molar-refractivity contribution < 1.29 is 43.4 Å². The molecule has 0 aromatic heterocycles. The van der Waals surface area contributed by atoms with E-state index in [2.05, 4.69) is 36.9 Å². The van der Waals surface area contributed by atoms with Gasteiger partial charge in [0.05, 0.1) is 19.6 Å². The van der Waals surface area contributed by atoms with Gasteiger partial charge in [0.15, 0.2) is 5.96 Å². The Balaban J connectivity index is 1.17. The van der Waals surface area contributed by atoms with E-state index in [1.807, 2.05) is 129 Å². The van der Waals surface area contributed by atoms with Crippen LogP contribution in [0.5, 0.6) is 5.75 Å². The molecule has 0 saturated carbocycles. The molecule has 1 aliphatic heterocycles. The second-order valence-corrected chi connectivity index (χ2v) is 21.1. The van der Waals surface area contributed by atoms with Gasteiger partial charge in [0.1, 0.15) is 42.0 Å². The van der Waals surface area contributed by atoms with Crippen molar-refractivity contribution in [1.82, 2.24) is 36.8 Å². The number of likely N-dealkylation sites (N-methyl/N-ethyl adjacent to an activating group) is 1. The third-order valence-corrected chi connectivity index (χ3v) is 14.3. The van der Waals surface area contributed by atoms with Crippen LogP contribution in [0.4, 0.5) is 0 Å². The van der Waals surface area contributed by atoms with E-state index in [4.69, 9.17) is 16.2 Å². The average molecular weight is 1120 g/mol. The number of phenolic OH excluding ortho intramolecular Hbond substituents is 1. The number of nitrogens with zero attached hydrogens (tertiary/aromatic N) is 2. The first-order valence-electron chi connectivity index (χ1n) is 28.0. The smallest absolute Gasteiger partial charge is 0.245 e. The molecule has 0 aliphatic carbocycles. The summed E-state index contributed by atoms with van der Waals surface area (Å²) in [6.07, 6.45) is 1.36. The quantitative estimate of drug-likeness (QED) is 0.0186. The number of aromatic hydroxyl groups is 1. The topological polar surface area (TPSA) is 289 Å². The van der Waals surface area contributed by atoms with Crippen molar-refractivity contribution in [2.45, 2.75) is 115 Å². The minimum atomic E-state index is -1.37. The van der Waals surface area contributed by atoms with Crippen LogP contribution in [-0.4, -0.2) is 120 Å². The lowest BCUT2D eigenvalue weighted by Gasteiger charge is -2.30. The van der Waals surface area contributed by atoms with Crippen LogP contribution in [0.25, 0.3) is 21.5 Å². The van der Waals surface area contributed by atoms with Gasteiger partial charge in [0.25, 0.3) is 0 Å². The molecule has 1 aliphatic rings. The first kappa shape index (κ1) is 60.8. The molecule has 432 valence electrons. The molecule has 11 N–H and O–H groups in total. The molecule has 6 aromatic carbocycles. The summed E-state index contributed by atoms with van der Waals surface area (Å²) >= 11 is 0. The number of carbonyl (C=O) groups excluding carboxylic acids is 7. The van der Waals surface area contributed by atoms with Crippen molar-refractivity contribution in [2.24, 2.45) is 22.4 Å². The highest BCUT2D eigenvalue weighted by Crippen LogP contribution is 2.23. The summed E-state index contributed by atoms with van der Waals surface area (Å²) in [5, 5.41) is 31.1. The zero-order valence-corrected chi connectivity index (χ0v) is 46.8. The number of benzene rings is 6. The SMILES string of the molecule is CCNC(=O)C1CCCN1C(=O)[C@H](CCCN=C(N)N)NC(=O)[C@H](CC(C)C)NC(=O)[C@@H](Cc1ccc2ccccc2c1)NC(=O)[C@H](Cc1ccc(O)cc1)NC(=O)[C@H](COCc1ccccc1)NC(=O)Cc1cccc2ccccc12. The highest BCUT2D eigenvalue weighted by molar-refractivity contribution is 5.98. The van der Waals surface area contributed by atoms with E-state index < -0.39 is 71.7 Å². The number of hydrogen-bond donors (Lipinski definition) is 9. The Hall–Kier alpha value is -8.84. The highest BCUT2D eigenvalue weighted by atomic mass is 16.5. The first-order valence-corrected chi connectivity index (χ1v) is 28.0. The molecule has 0 bridgehead atoms. The van der Waals surface area contributed by atoms with Crippen LogP contribution in [0, 0.1) is 5.92 Å². The first-order chi connectivity index (χ1) is 39.5. The van der Waals surface area contributed by atoms with Crippen LogP contribution < -0.4 is 43.4 Å². The summed E-state index contributed by atoms with van der Waals surface area (Å²) in [7, 11) is 0. The average Bonchev–Trinajstić information content (AvgIpc) is 4.03. The number of hydrogen-bond acceptors (Lipinski definition) is 10. The molecular formula is C63H76N10O9. The third kappa shape index (κ3) is 17.8. The minimum Gasteiger partial charge on any atom is -0.508 e. The largest absolute Gasteiger partial charge is 0.508 e. The summed E-state index contributed by atoms with van der Waals surface area (Å²) in [6, 6.07) is 35.0. The zero-order valence-electron chi connectivity index (χ0n) is 46.8. The maximum Gasteiger partial charge on any atom is 0.245 e. The lowest BCUT2D eigenvalue weighted by Crippen LogP contribution is -2.60. The van der Waals surface area contributed by atoms with Crippen molar-refractivity contribution >= 4 is 68.9 Å². The standard InChI is InChI=1S/C63H76N10O9/c1-4-66-61(80)55-24-14-32-73(55)62(81)50(23-13-31-67-63(64)65)69-57(76)51(33-40(2)3)70-59(78)53(36-43-25-28-44-17-8-9-19-46(44)34-43)71-58(77)52(35-41-26-29-48(74)30-27-41)72-60(79)54(39-82-38-42-15-6-5-7-16-42)68-56(75)37-47-21-12-20-45-18-10-11-22-49(45)47/h5-12,15-22,25-30,34,40,50-55,74H,4,13-14,23-24,31-33,35-39H2,1-3H3,(H,66,80)(H,68,75)(H,69,76)(H,70,78)(H,71,77)(H,72,79)(H4,64,65,67)/t50-,51-,52-,53+,54-,55?/m0/s1. The number of carbonyl (C=O) groups is 7. The van der Waals surface area contributed by atoms with E-state index in [1.165, 1.54) is 17.0 Å². The molecule has 6 aromatic rings. The second-order valence-electron chi connectivity index (χ2n) is 21.1. The normalized spacial score (nSPS) is 14.9. The number of fused-ring (bicyclic) bond motifs is 2. The fourth-order valence-corrected chi connectivity index (χ4v) is 10.2. The lowest BCUT2D eigenvalue weighted by molar-refractivity contribution is -0.142. The Morgan fingerprint density at radius 2 is 1.24 bits per heavy atom. The molecule has 0 radical (unpaired) electrons. The summed E-state index contributed by atoms with van der Waals surface area (Å²) in [6.45, 7) is 6.25. The van der Waals surface area contributed by atoms with Gasteiger partial charge in [0.2, 0.25) is 41.4 Å². The van der Waals surface area contributed by atoms with Crippen molar-refractivity contribution in [1.29, 1.82) is 0 Å². The van der Waals surface area contributed by atoms with E-state index in [1.54, 1.807) is 19.1 Å². The summed E-state index contributed by atoms with van der Waals surface area (Å²) < 4.78 is 6.05. The zero-order chi connectivity index (χ0) is 58.5. The van der Waals surface area contributed by atoms with Crippen LogP contribution in [-0.2, 0) is 64.2 Å². The molecule has 19 nitrogen and oxygen atoms in total. The van der Waals surface area contributed by atoms with E-state index in [9.17, 15) is 29.1 Å². The van der Waals surface area contributed by atoms with Crippen LogP contribution in [0.2, 0.25) is 0 Å². The number of amides is 7. The predicted molar refractivity (Wildman–Crippen MR) is 316 cm³/mol. The van der Waals surface area contributed by atoms with E-state index in [0.29, 0.717) is 43.5 Å². The number of nitrogens with one attached hydrogen (secondary N) is 6. The molecule has 1 fully saturated rings. The van der Waals surface area contributed by atoms with Crippen LogP contribution in [0.1, 0.15) is 75.1 Å². The van der Waals surface area contributed by atoms with E-state index >= 15 is 9.59 Å². The van der Waals surface area contributed by atoms with Gasteiger partial charge in [-0.2, -0.15) is 0 Å². The number of guanidine groups is 1. The summed E-state index contributed by atoms with van der Waals surface area (Å²) in [5.41, 5.74) is 14.0. The van der Waals surface area contributed by atoms with Crippen LogP contribution >= 0.6 is 0 Å². The molecule has 1 unspecified atom stereocenters. The second kappa shape index (κ2) is 30.1. The van der Waals surface area contributed by atoms with Gasteiger partial charge in [-0.25, -0.2) is 0 Å². The molecule has 1 heterocycles. The molecule has 7 rings (SSSR count). The molecule has 6 atom stereocenters. The van der Waals surface area contributed by atoms with Gasteiger partial charge in [-0.15, -0.1) is 0 Å². The molecule has 0 spiro atoms. The van der Waals surface area contributed by atoms with Crippen LogP contribution in [0.3, 0.4) is 0 Å². The predicted octanol–water partition coefficient (Wildman–Crippen LogP) is 4.59. The minimum absolute atomic E-state index is 0.0216. The Labute approximate surface area is 478 Å². The third-order valence-electron chi connectivity index (χ3n) is 14.3. The Kier molecular flexibility index (Phi) is 22.3. The number of rotatable bonds is 28. The number of likely N-dealkylation sites (tertiary alicyclic amines) is 1. The van der Waals surface area contributed by atoms with Gasteiger partial charge < -0.3 is 58.1 Å². The van der Waals surface area contributed by atoms with Crippen molar-refractivity contribution in [3.63, 3.8) is 0 Å². The number of nitrogens with two attached hydrogens (primary N) is 2. The van der Waals surface area contributed by atoms with Crippen molar-refractivity contribution in [3.8, 4) is 5.75 Å². The van der Waals surface area contributed by atoms with Gasteiger partial charge in [-0.05, 0) is 101 Å². The highest BCUT2D eigenvalue weighted by Gasteiger charge is 2.39. The Bertz CT molecular complexity index is 3180. The molecule has 19 heteroatoms. The molecule has 7 amide bonds. The molecule has 1 saturated heterocycles. The Morgan fingerprint density at radius 1 is 0.646 bits per heavy atom. The fourth-order valence-electron chi connectivity index (χ4n) is 10.2. The monoisotopic (exact) mass is 1120 g/mol.